The van der Waals surface area contributed by atoms with Crippen LogP contribution in [0.4, 0.5) is 0 Å². The van der Waals surface area contributed by atoms with Gasteiger partial charge in [0.2, 0.25) is 0 Å². The number of guanidine groups is 1. The molecule has 2 unspecified atom stereocenters. The van der Waals surface area contributed by atoms with Crippen molar-refractivity contribution in [2.75, 3.05) is 59.6 Å². The van der Waals surface area contributed by atoms with E-state index in [4.69, 9.17) is 14.5 Å². The summed E-state index contributed by atoms with van der Waals surface area (Å²) in [5.41, 5.74) is 0.821. The molecule has 28 heavy (non-hydrogen) atoms. The normalized spacial score (nSPS) is 21.9. The van der Waals surface area contributed by atoms with Gasteiger partial charge in [-0.3, -0.25) is 9.89 Å². The van der Waals surface area contributed by atoms with Crippen molar-refractivity contribution in [1.82, 2.24) is 15.1 Å². The van der Waals surface area contributed by atoms with Crippen LogP contribution in [0, 0.1) is 0 Å². The highest BCUT2D eigenvalue weighted by atomic mass is 127. The highest BCUT2D eigenvalue weighted by Crippen LogP contribution is 2.20. The number of hydrogen-bond donors (Lipinski definition) is 2. The van der Waals surface area contributed by atoms with Gasteiger partial charge in [-0.05, 0) is 31.0 Å². The zero-order valence-corrected chi connectivity index (χ0v) is 19.2. The Morgan fingerprint density at radius 1 is 1.36 bits per heavy atom. The zero-order chi connectivity index (χ0) is 19.1. The van der Waals surface area contributed by atoms with Crippen molar-refractivity contribution in [3.8, 4) is 5.75 Å². The Morgan fingerprint density at radius 2 is 2.14 bits per heavy atom. The molecule has 0 saturated carbocycles. The van der Waals surface area contributed by atoms with Gasteiger partial charge in [0.25, 0.3) is 0 Å². The molecule has 0 aromatic heterocycles. The minimum Gasteiger partial charge on any atom is -0.497 e. The maximum atomic E-state index is 10.5. The smallest absolute Gasteiger partial charge is 0.194 e. The van der Waals surface area contributed by atoms with Crippen molar-refractivity contribution in [1.29, 1.82) is 0 Å². The van der Waals surface area contributed by atoms with Gasteiger partial charge in [-0.2, -0.15) is 0 Å². The summed E-state index contributed by atoms with van der Waals surface area (Å²) in [6.07, 6.45) is 0.495. The standard InChI is InChI=1S/C20H32N4O3.HI/c1-3-21-20(22-14-19(25)16-5-4-6-18(13-16)26-2)24-8-7-17(15-24)23-9-11-27-12-10-23;/h4-6,13,17,19,25H,3,7-12,14-15H2,1-2H3,(H,21,22);1H. The lowest BCUT2D eigenvalue weighted by molar-refractivity contribution is 0.0194. The fourth-order valence-corrected chi connectivity index (χ4v) is 3.73. The van der Waals surface area contributed by atoms with Crippen LogP contribution in [0.2, 0.25) is 0 Å². The van der Waals surface area contributed by atoms with E-state index >= 15 is 0 Å². The molecular weight excluding hydrogens is 471 g/mol. The second-order valence-electron chi connectivity index (χ2n) is 7.02. The number of aliphatic hydroxyl groups excluding tert-OH is 1. The van der Waals surface area contributed by atoms with E-state index in [0.717, 1.165) is 69.6 Å². The van der Waals surface area contributed by atoms with E-state index in [2.05, 4.69) is 22.0 Å². The minimum atomic E-state index is -0.647. The Bertz CT molecular complexity index is 625. The van der Waals surface area contributed by atoms with Crippen LogP contribution in [0.3, 0.4) is 0 Å². The van der Waals surface area contributed by atoms with E-state index in [1.54, 1.807) is 7.11 Å². The second-order valence-corrected chi connectivity index (χ2v) is 7.02. The first-order chi connectivity index (χ1) is 13.2. The van der Waals surface area contributed by atoms with E-state index in [1.807, 2.05) is 24.3 Å². The summed E-state index contributed by atoms with van der Waals surface area (Å²) >= 11 is 0. The maximum absolute atomic E-state index is 10.5. The van der Waals surface area contributed by atoms with Crippen LogP contribution in [0.1, 0.15) is 25.0 Å². The largest absolute Gasteiger partial charge is 0.497 e. The van der Waals surface area contributed by atoms with Gasteiger partial charge in [-0.25, -0.2) is 0 Å². The number of rotatable bonds is 6. The highest BCUT2D eigenvalue weighted by Gasteiger charge is 2.30. The number of benzene rings is 1. The summed E-state index contributed by atoms with van der Waals surface area (Å²) in [6, 6.07) is 8.08. The number of nitrogens with one attached hydrogen (secondary N) is 1. The van der Waals surface area contributed by atoms with Crippen LogP contribution < -0.4 is 10.1 Å². The first kappa shape index (κ1) is 23.2. The predicted octanol–water partition coefficient (Wildman–Crippen LogP) is 1.72. The molecule has 0 spiro atoms. The van der Waals surface area contributed by atoms with Crippen molar-refractivity contribution >= 4 is 29.9 Å². The Morgan fingerprint density at radius 3 is 2.86 bits per heavy atom. The molecular formula is C20H33IN4O3. The van der Waals surface area contributed by atoms with Gasteiger partial charge in [0.15, 0.2) is 5.96 Å². The average molecular weight is 504 g/mol. The molecule has 0 radical (unpaired) electrons. The van der Waals surface area contributed by atoms with Crippen LogP contribution in [0.5, 0.6) is 5.75 Å². The van der Waals surface area contributed by atoms with Crippen LogP contribution in [-0.2, 0) is 4.74 Å². The van der Waals surface area contributed by atoms with Gasteiger partial charge in [-0.1, -0.05) is 12.1 Å². The number of nitrogens with zero attached hydrogens (tertiary/aromatic N) is 3. The Kier molecular flexibility index (Phi) is 9.76. The lowest BCUT2D eigenvalue weighted by Gasteiger charge is -2.32. The molecule has 2 N–H and O–H groups in total. The van der Waals surface area contributed by atoms with Gasteiger partial charge in [0.05, 0.1) is 33.0 Å². The molecule has 8 heteroatoms. The van der Waals surface area contributed by atoms with Crippen LogP contribution >= 0.6 is 24.0 Å². The molecule has 0 bridgehead atoms. The quantitative estimate of drug-likeness (QED) is 0.350. The number of aliphatic imine (C=N–C) groups is 1. The molecule has 2 saturated heterocycles. The highest BCUT2D eigenvalue weighted by molar-refractivity contribution is 14.0. The molecule has 7 nitrogen and oxygen atoms in total. The number of hydrogen-bond acceptors (Lipinski definition) is 5. The number of methoxy groups -OCH3 is 1. The first-order valence-corrected chi connectivity index (χ1v) is 9.88. The van der Waals surface area contributed by atoms with Crippen LogP contribution in [0.15, 0.2) is 29.3 Å². The molecule has 0 aliphatic carbocycles. The monoisotopic (exact) mass is 504 g/mol. The van der Waals surface area contributed by atoms with E-state index in [-0.39, 0.29) is 24.0 Å². The molecule has 0 amide bonds. The van der Waals surface area contributed by atoms with Crippen molar-refractivity contribution in [2.45, 2.75) is 25.5 Å². The fraction of sp³-hybridized carbons (Fsp3) is 0.650. The number of likely N-dealkylation sites (tertiary alicyclic amines) is 1. The third-order valence-corrected chi connectivity index (χ3v) is 5.25. The molecule has 2 fully saturated rings. The number of morpholine rings is 1. The van der Waals surface area contributed by atoms with Crippen molar-refractivity contribution < 1.29 is 14.6 Å². The van der Waals surface area contributed by atoms with E-state index in [9.17, 15) is 5.11 Å². The van der Waals surface area contributed by atoms with E-state index in [1.165, 1.54) is 0 Å². The molecule has 1 aromatic carbocycles. The second kappa shape index (κ2) is 11.8. The Hall–Kier alpha value is -1.10. The molecule has 158 valence electrons. The summed E-state index contributed by atoms with van der Waals surface area (Å²) in [6.45, 7) is 8.87. The van der Waals surface area contributed by atoms with Crippen molar-refractivity contribution in [3.05, 3.63) is 29.8 Å². The summed E-state index contributed by atoms with van der Waals surface area (Å²) in [4.78, 5) is 9.54. The lowest BCUT2D eigenvalue weighted by atomic mass is 10.1. The third-order valence-electron chi connectivity index (χ3n) is 5.25. The van der Waals surface area contributed by atoms with Gasteiger partial charge in [-0.15, -0.1) is 24.0 Å². The lowest BCUT2D eigenvalue weighted by Crippen LogP contribution is -2.46. The number of ether oxygens (including phenoxy) is 2. The van der Waals surface area contributed by atoms with Gasteiger partial charge in [0, 0.05) is 38.8 Å². The number of aliphatic hydroxyl groups is 1. The fourth-order valence-electron chi connectivity index (χ4n) is 3.73. The Balaban J connectivity index is 0.00000280. The molecule has 2 heterocycles. The molecule has 2 aliphatic heterocycles. The average Bonchev–Trinajstić information content (AvgIpc) is 3.21. The van der Waals surface area contributed by atoms with Gasteiger partial charge >= 0.3 is 0 Å². The van der Waals surface area contributed by atoms with E-state index in [0.29, 0.717) is 12.6 Å². The van der Waals surface area contributed by atoms with Crippen LogP contribution in [-0.4, -0.2) is 86.5 Å². The molecule has 3 rings (SSSR count). The summed E-state index contributed by atoms with van der Waals surface area (Å²) < 4.78 is 10.7. The Labute approximate surface area is 185 Å². The third kappa shape index (κ3) is 6.20. The van der Waals surface area contributed by atoms with Crippen molar-refractivity contribution in [2.24, 2.45) is 4.99 Å². The maximum Gasteiger partial charge on any atom is 0.194 e. The van der Waals surface area contributed by atoms with Gasteiger partial charge in [0.1, 0.15) is 5.75 Å². The zero-order valence-electron chi connectivity index (χ0n) is 16.8. The predicted molar refractivity (Wildman–Crippen MR) is 122 cm³/mol. The molecule has 2 aliphatic rings. The summed E-state index contributed by atoms with van der Waals surface area (Å²) in [7, 11) is 1.63. The molecule has 1 aromatic rings. The van der Waals surface area contributed by atoms with Crippen LogP contribution in [0.25, 0.3) is 0 Å². The van der Waals surface area contributed by atoms with Crippen molar-refractivity contribution in [3.63, 3.8) is 0 Å². The topological polar surface area (TPSA) is 69.6 Å². The first-order valence-electron chi connectivity index (χ1n) is 9.88. The summed E-state index contributed by atoms with van der Waals surface area (Å²) in [5.74, 6) is 1.63. The van der Waals surface area contributed by atoms with Gasteiger partial charge < -0.3 is 24.8 Å². The minimum absolute atomic E-state index is 0. The number of halogens is 1. The van der Waals surface area contributed by atoms with E-state index < -0.39 is 6.10 Å². The molecule has 2 atom stereocenters. The summed E-state index contributed by atoms with van der Waals surface area (Å²) in [5, 5.41) is 13.9. The SMILES string of the molecule is CCNC(=NCC(O)c1cccc(OC)c1)N1CCC(N2CCOCC2)C1.I.